The quantitative estimate of drug-likeness (QED) is 0.485. The van der Waals surface area contributed by atoms with Crippen LogP contribution in [0.15, 0.2) is 24.4 Å². The SMILES string of the molecule is Cc1[nH]ncc1CCCNC(=O)c1ccc(N)cc1N. The first-order valence-electron chi connectivity index (χ1n) is 6.50. The number of carbonyl (C=O) groups is 1. The smallest absolute Gasteiger partial charge is 0.253 e. The van der Waals surface area contributed by atoms with Crippen molar-refractivity contribution >= 4 is 17.3 Å². The molecule has 1 amide bonds. The van der Waals surface area contributed by atoms with Crippen molar-refractivity contribution in [2.24, 2.45) is 0 Å². The van der Waals surface area contributed by atoms with Gasteiger partial charge in [-0.3, -0.25) is 9.89 Å². The van der Waals surface area contributed by atoms with Crippen molar-refractivity contribution in [1.29, 1.82) is 0 Å². The second kappa shape index (κ2) is 6.10. The van der Waals surface area contributed by atoms with Crippen molar-refractivity contribution in [3.8, 4) is 0 Å². The van der Waals surface area contributed by atoms with E-state index in [4.69, 9.17) is 11.5 Å². The van der Waals surface area contributed by atoms with Crippen LogP contribution in [-0.4, -0.2) is 22.6 Å². The molecule has 20 heavy (non-hydrogen) atoms. The number of amides is 1. The van der Waals surface area contributed by atoms with Crippen molar-refractivity contribution < 1.29 is 4.79 Å². The molecule has 0 fully saturated rings. The Bertz CT molecular complexity index is 605. The molecule has 106 valence electrons. The summed E-state index contributed by atoms with van der Waals surface area (Å²) >= 11 is 0. The van der Waals surface area contributed by atoms with Crippen LogP contribution in [0.4, 0.5) is 11.4 Å². The van der Waals surface area contributed by atoms with E-state index in [1.165, 1.54) is 5.56 Å². The number of hydrogen-bond acceptors (Lipinski definition) is 4. The number of nitrogens with one attached hydrogen (secondary N) is 2. The third-order valence-corrected chi connectivity index (χ3v) is 3.16. The Hall–Kier alpha value is -2.50. The van der Waals surface area contributed by atoms with E-state index in [0.717, 1.165) is 18.5 Å². The summed E-state index contributed by atoms with van der Waals surface area (Å²) in [6.07, 6.45) is 3.54. The number of carbonyl (C=O) groups excluding carboxylic acids is 1. The van der Waals surface area contributed by atoms with Crippen LogP contribution < -0.4 is 16.8 Å². The number of rotatable bonds is 5. The van der Waals surface area contributed by atoms with Gasteiger partial charge in [-0.2, -0.15) is 5.10 Å². The third-order valence-electron chi connectivity index (χ3n) is 3.16. The van der Waals surface area contributed by atoms with Gasteiger partial charge in [0.05, 0.1) is 11.8 Å². The highest BCUT2D eigenvalue weighted by Crippen LogP contribution is 2.15. The van der Waals surface area contributed by atoms with Gasteiger partial charge in [0.15, 0.2) is 0 Å². The molecule has 0 saturated heterocycles. The Balaban J connectivity index is 1.82. The summed E-state index contributed by atoms with van der Waals surface area (Å²) in [4.78, 5) is 12.0. The van der Waals surface area contributed by atoms with E-state index in [1.54, 1.807) is 18.2 Å². The molecule has 2 aromatic rings. The van der Waals surface area contributed by atoms with Gasteiger partial charge in [0, 0.05) is 23.6 Å². The number of H-pyrrole nitrogens is 1. The molecule has 0 bridgehead atoms. The summed E-state index contributed by atoms with van der Waals surface area (Å²) < 4.78 is 0. The topological polar surface area (TPSA) is 110 Å². The number of nitrogens with two attached hydrogens (primary N) is 2. The van der Waals surface area contributed by atoms with E-state index >= 15 is 0 Å². The lowest BCUT2D eigenvalue weighted by molar-refractivity contribution is 0.0954. The molecular weight excluding hydrogens is 254 g/mol. The lowest BCUT2D eigenvalue weighted by atomic mass is 10.1. The highest BCUT2D eigenvalue weighted by atomic mass is 16.1. The lowest BCUT2D eigenvalue weighted by Crippen LogP contribution is -2.25. The van der Waals surface area contributed by atoms with Crippen molar-refractivity contribution in [2.45, 2.75) is 19.8 Å². The van der Waals surface area contributed by atoms with Gasteiger partial charge >= 0.3 is 0 Å². The predicted molar refractivity (Wildman–Crippen MR) is 79.2 cm³/mol. The van der Waals surface area contributed by atoms with Crippen molar-refractivity contribution in [3.63, 3.8) is 0 Å². The monoisotopic (exact) mass is 273 g/mol. The molecule has 0 saturated carbocycles. The van der Waals surface area contributed by atoms with Crippen LogP contribution >= 0.6 is 0 Å². The fraction of sp³-hybridized carbons (Fsp3) is 0.286. The van der Waals surface area contributed by atoms with Crippen LogP contribution in [0.2, 0.25) is 0 Å². The Labute approximate surface area is 117 Å². The van der Waals surface area contributed by atoms with Crippen LogP contribution in [0.25, 0.3) is 0 Å². The number of aromatic nitrogens is 2. The highest BCUT2D eigenvalue weighted by Gasteiger charge is 2.09. The van der Waals surface area contributed by atoms with Gasteiger partial charge in [0.25, 0.3) is 5.91 Å². The summed E-state index contributed by atoms with van der Waals surface area (Å²) in [6.45, 7) is 2.57. The minimum atomic E-state index is -0.175. The van der Waals surface area contributed by atoms with Gasteiger partial charge in [-0.05, 0) is 43.5 Å². The van der Waals surface area contributed by atoms with Crippen LogP contribution in [0.3, 0.4) is 0 Å². The maximum atomic E-state index is 12.0. The second-order valence-electron chi connectivity index (χ2n) is 4.73. The minimum Gasteiger partial charge on any atom is -0.399 e. The zero-order valence-electron chi connectivity index (χ0n) is 11.4. The van der Waals surface area contributed by atoms with Crippen LogP contribution in [0.5, 0.6) is 0 Å². The zero-order chi connectivity index (χ0) is 14.5. The van der Waals surface area contributed by atoms with Crippen molar-refractivity contribution in [2.75, 3.05) is 18.0 Å². The van der Waals surface area contributed by atoms with E-state index < -0.39 is 0 Å². The Morgan fingerprint density at radius 1 is 1.40 bits per heavy atom. The molecule has 1 aromatic carbocycles. The first-order valence-corrected chi connectivity index (χ1v) is 6.50. The van der Waals surface area contributed by atoms with Gasteiger partial charge in [0.2, 0.25) is 0 Å². The molecule has 1 heterocycles. The summed E-state index contributed by atoms with van der Waals surface area (Å²) in [5.74, 6) is -0.175. The van der Waals surface area contributed by atoms with Gasteiger partial charge in [0.1, 0.15) is 0 Å². The predicted octanol–water partition coefficient (Wildman–Crippen LogP) is 1.25. The molecule has 0 aliphatic rings. The van der Waals surface area contributed by atoms with E-state index in [-0.39, 0.29) is 5.91 Å². The van der Waals surface area contributed by atoms with Gasteiger partial charge < -0.3 is 16.8 Å². The van der Waals surface area contributed by atoms with E-state index in [2.05, 4.69) is 15.5 Å². The summed E-state index contributed by atoms with van der Waals surface area (Å²) in [5, 5.41) is 9.70. The van der Waals surface area contributed by atoms with E-state index in [9.17, 15) is 4.79 Å². The summed E-state index contributed by atoms with van der Waals surface area (Å²) in [5.41, 5.74) is 15.0. The van der Waals surface area contributed by atoms with Crippen LogP contribution in [0, 0.1) is 6.92 Å². The average Bonchev–Trinajstić information content (AvgIpc) is 2.80. The molecule has 0 atom stereocenters. The van der Waals surface area contributed by atoms with Crippen LogP contribution in [0.1, 0.15) is 28.0 Å². The maximum absolute atomic E-state index is 12.0. The first-order chi connectivity index (χ1) is 9.58. The first kappa shape index (κ1) is 13.9. The normalized spacial score (nSPS) is 10.4. The fourth-order valence-corrected chi connectivity index (χ4v) is 1.99. The Kier molecular flexibility index (Phi) is 4.24. The molecule has 0 spiro atoms. The van der Waals surface area contributed by atoms with Gasteiger partial charge in [-0.1, -0.05) is 0 Å². The Morgan fingerprint density at radius 2 is 2.20 bits per heavy atom. The van der Waals surface area contributed by atoms with Crippen molar-refractivity contribution in [3.05, 3.63) is 41.2 Å². The zero-order valence-corrected chi connectivity index (χ0v) is 11.4. The van der Waals surface area contributed by atoms with Crippen LogP contribution in [-0.2, 0) is 6.42 Å². The standard InChI is InChI=1S/C14H19N5O/c1-9-10(8-18-19-9)3-2-6-17-14(20)12-5-4-11(15)7-13(12)16/h4-5,7-8H,2-3,6,15-16H2,1H3,(H,17,20)(H,18,19). The molecule has 6 N–H and O–H groups in total. The van der Waals surface area contributed by atoms with Crippen molar-refractivity contribution in [1.82, 2.24) is 15.5 Å². The maximum Gasteiger partial charge on any atom is 0.253 e. The number of anilines is 2. The van der Waals surface area contributed by atoms with E-state index in [0.29, 0.717) is 23.5 Å². The molecule has 0 unspecified atom stereocenters. The third kappa shape index (κ3) is 3.28. The number of benzene rings is 1. The summed E-state index contributed by atoms with van der Waals surface area (Å²) in [6, 6.07) is 4.89. The molecule has 2 rings (SSSR count). The molecule has 0 aliphatic carbocycles. The number of nitrogens with zero attached hydrogens (tertiary/aromatic N) is 1. The van der Waals surface area contributed by atoms with Gasteiger partial charge in [-0.25, -0.2) is 0 Å². The minimum absolute atomic E-state index is 0.175. The molecular formula is C14H19N5O. The largest absolute Gasteiger partial charge is 0.399 e. The number of aromatic amines is 1. The Morgan fingerprint density at radius 3 is 2.85 bits per heavy atom. The molecule has 0 aliphatic heterocycles. The highest BCUT2D eigenvalue weighted by molar-refractivity contribution is 5.99. The lowest BCUT2D eigenvalue weighted by Gasteiger charge is -2.08. The number of hydrogen-bond donors (Lipinski definition) is 4. The average molecular weight is 273 g/mol. The fourth-order valence-electron chi connectivity index (χ4n) is 1.99. The molecule has 6 nitrogen and oxygen atoms in total. The molecule has 6 heteroatoms. The molecule has 0 radical (unpaired) electrons. The second-order valence-corrected chi connectivity index (χ2v) is 4.73. The van der Waals surface area contributed by atoms with E-state index in [1.807, 2.05) is 13.1 Å². The van der Waals surface area contributed by atoms with Gasteiger partial charge in [-0.15, -0.1) is 0 Å². The molecule has 1 aromatic heterocycles. The summed E-state index contributed by atoms with van der Waals surface area (Å²) in [7, 11) is 0. The number of aryl methyl sites for hydroxylation is 2. The number of nitrogen functional groups attached to an aromatic ring is 2.